The van der Waals surface area contributed by atoms with Gasteiger partial charge >= 0.3 is 0 Å². The van der Waals surface area contributed by atoms with Crippen molar-refractivity contribution in [1.82, 2.24) is 4.98 Å². The molecule has 0 N–H and O–H groups in total. The summed E-state index contributed by atoms with van der Waals surface area (Å²) in [6.45, 7) is 0. The van der Waals surface area contributed by atoms with Gasteiger partial charge in [-0.3, -0.25) is 4.98 Å². The average Bonchev–Trinajstić information content (AvgIpc) is 2.57. The highest BCUT2D eigenvalue weighted by molar-refractivity contribution is 7.94. The molecule has 0 saturated carbocycles. The van der Waals surface area contributed by atoms with E-state index in [4.69, 9.17) is 11.6 Å². The first-order chi connectivity index (χ1) is 8.76. The van der Waals surface area contributed by atoms with Gasteiger partial charge in [-0.1, -0.05) is 29.8 Å². The Hall–Kier alpha value is -1.32. The lowest BCUT2D eigenvalue weighted by molar-refractivity contribution is 0.928. The average molecular weight is 278 g/mol. The van der Waals surface area contributed by atoms with Gasteiger partial charge in [-0.25, -0.2) is 0 Å². The summed E-state index contributed by atoms with van der Waals surface area (Å²) in [7, 11) is 0. The van der Waals surface area contributed by atoms with Crippen molar-refractivity contribution >= 4 is 35.9 Å². The predicted molar refractivity (Wildman–Crippen MR) is 74.4 cm³/mol. The first kappa shape index (κ1) is 11.8. The molecule has 0 bridgehead atoms. The fourth-order valence-electron chi connectivity index (χ4n) is 2.07. The van der Waals surface area contributed by atoms with Gasteiger partial charge in [0.25, 0.3) is 0 Å². The van der Waals surface area contributed by atoms with Crippen LogP contribution in [0.5, 0.6) is 0 Å². The molecule has 0 spiro atoms. The van der Waals surface area contributed by atoms with Crippen molar-refractivity contribution in [3.8, 4) is 0 Å². The molecule has 0 radical (unpaired) electrons. The molecule has 1 nitrogen and oxygen atoms in total. The van der Waals surface area contributed by atoms with Crippen molar-refractivity contribution in [3.63, 3.8) is 0 Å². The third-order valence-electron chi connectivity index (χ3n) is 2.98. The standard InChI is InChI=1S/C14H9ClFNS/c15-12-4-3-10-7-14-11(2-1-9(10)5-12)6-13(18-16)8-17-14/h1-6,8H,7H2. The SMILES string of the molecule is FSc1cnc2c(c1)C=Cc1cc(Cl)ccc1C2. The quantitative estimate of drug-likeness (QED) is 0.634. The molecule has 0 aliphatic heterocycles. The van der Waals surface area contributed by atoms with E-state index in [9.17, 15) is 3.89 Å². The molecule has 90 valence electrons. The molecule has 0 amide bonds. The largest absolute Gasteiger partial charge is 0.259 e. The zero-order valence-corrected chi connectivity index (χ0v) is 10.9. The molecule has 3 rings (SSSR count). The zero-order valence-electron chi connectivity index (χ0n) is 9.36. The molecule has 1 heterocycles. The van der Waals surface area contributed by atoms with E-state index < -0.39 is 0 Å². The van der Waals surface area contributed by atoms with E-state index in [1.165, 1.54) is 5.56 Å². The molecule has 0 atom stereocenters. The van der Waals surface area contributed by atoms with E-state index in [1.54, 1.807) is 6.20 Å². The molecule has 1 aliphatic rings. The predicted octanol–water partition coefficient (Wildman–Crippen LogP) is 4.79. The minimum atomic E-state index is 0.217. The Morgan fingerprint density at radius 3 is 2.83 bits per heavy atom. The number of halogens is 2. The lowest BCUT2D eigenvalue weighted by Gasteiger charge is -2.06. The van der Waals surface area contributed by atoms with Gasteiger partial charge in [0.05, 0.1) is 22.7 Å². The Morgan fingerprint density at radius 2 is 2.00 bits per heavy atom. The van der Waals surface area contributed by atoms with Gasteiger partial charge in [0.2, 0.25) is 0 Å². The highest BCUT2D eigenvalue weighted by Crippen LogP contribution is 2.28. The van der Waals surface area contributed by atoms with Crippen LogP contribution in [0.15, 0.2) is 35.4 Å². The summed E-state index contributed by atoms with van der Waals surface area (Å²) in [6, 6.07) is 7.64. The van der Waals surface area contributed by atoms with Crippen LogP contribution in [0, 0.1) is 0 Å². The molecule has 1 aromatic heterocycles. The molecular formula is C14H9ClFNS. The third kappa shape index (κ3) is 2.16. The summed E-state index contributed by atoms with van der Waals surface area (Å²) in [4.78, 5) is 4.86. The molecule has 18 heavy (non-hydrogen) atoms. The summed E-state index contributed by atoms with van der Waals surface area (Å²) in [6.07, 6.45) is 6.27. The molecule has 1 aliphatic carbocycles. The van der Waals surface area contributed by atoms with Crippen LogP contribution < -0.4 is 0 Å². The van der Waals surface area contributed by atoms with Crippen LogP contribution in [0.1, 0.15) is 22.4 Å². The summed E-state index contributed by atoms with van der Waals surface area (Å²) in [5.41, 5.74) is 4.20. The van der Waals surface area contributed by atoms with Crippen molar-refractivity contribution in [1.29, 1.82) is 0 Å². The fraction of sp³-hybridized carbons (Fsp3) is 0.0714. The Bertz CT molecular complexity index is 640. The van der Waals surface area contributed by atoms with Crippen LogP contribution in [-0.4, -0.2) is 4.98 Å². The van der Waals surface area contributed by atoms with Gasteiger partial charge in [-0.05, 0) is 34.9 Å². The number of rotatable bonds is 1. The Balaban J connectivity index is 2.11. The van der Waals surface area contributed by atoms with Gasteiger partial charge in [-0.2, -0.15) is 3.89 Å². The number of hydrogen-bond acceptors (Lipinski definition) is 2. The molecule has 2 aromatic rings. The van der Waals surface area contributed by atoms with E-state index in [0.29, 0.717) is 4.90 Å². The highest BCUT2D eigenvalue weighted by Gasteiger charge is 2.11. The van der Waals surface area contributed by atoms with Gasteiger partial charge in [0.1, 0.15) is 0 Å². The van der Waals surface area contributed by atoms with E-state index >= 15 is 0 Å². The second-order valence-corrected chi connectivity index (χ2v) is 5.20. The van der Waals surface area contributed by atoms with Crippen molar-refractivity contribution in [2.24, 2.45) is 0 Å². The molecule has 0 fully saturated rings. The minimum absolute atomic E-state index is 0.217. The van der Waals surface area contributed by atoms with Gasteiger partial charge < -0.3 is 0 Å². The van der Waals surface area contributed by atoms with Crippen LogP contribution in [0.4, 0.5) is 3.89 Å². The van der Waals surface area contributed by atoms with E-state index in [-0.39, 0.29) is 12.1 Å². The maximum atomic E-state index is 12.5. The van der Waals surface area contributed by atoms with Gasteiger partial charge in [0.15, 0.2) is 0 Å². The Morgan fingerprint density at radius 1 is 1.17 bits per heavy atom. The summed E-state index contributed by atoms with van der Waals surface area (Å²) in [5.74, 6) is 0. The van der Waals surface area contributed by atoms with Crippen molar-refractivity contribution in [2.75, 3.05) is 0 Å². The zero-order chi connectivity index (χ0) is 12.5. The first-order valence-corrected chi connectivity index (χ1v) is 6.60. The van der Waals surface area contributed by atoms with Crippen LogP contribution in [0.3, 0.4) is 0 Å². The number of hydrogen-bond donors (Lipinski definition) is 0. The van der Waals surface area contributed by atoms with Crippen LogP contribution >= 0.6 is 23.7 Å². The summed E-state index contributed by atoms with van der Waals surface area (Å²) < 4.78 is 12.5. The van der Waals surface area contributed by atoms with E-state index in [2.05, 4.69) is 4.98 Å². The topological polar surface area (TPSA) is 12.9 Å². The smallest absolute Gasteiger partial charge is 0.0828 e. The molecular weight excluding hydrogens is 269 g/mol. The van der Waals surface area contributed by atoms with E-state index in [1.807, 2.05) is 36.4 Å². The number of nitrogens with zero attached hydrogens (tertiary/aromatic N) is 1. The van der Waals surface area contributed by atoms with Crippen LogP contribution in [0.2, 0.25) is 5.02 Å². The first-order valence-electron chi connectivity index (χ1n) is 5.50. The second kappa shape index (κ2) is 4.75. The van der Waals surface area contributed by atoms with Crippen LogP contribution in [0.25, 0.3) is 12.2 Å². The summed E-state index contributed by atoms with van der Waals surface area (Å²) >= 11 is 6.20. The molecule has 0 unspecified atom stereocenters. The second-order valence-electron chi connectivity index (χ2n) is 4.14. The van der Waals surface area contributed by atoms with Crippen molar-refractivity contribution in [3.05, 3.63) is 57.9 Å². The molecule has 4 heteroatoms. The number of benzene rings is 1. The normalized spacial score (nSPS) is 12.8. The highest BCUT2D eigenvalue weighted by atomic mass is 35.5. The lowest BCUT2D eigenvalue weighted by Crippen LogP contribution is -1.95. The van der Waals surface area contributed by atoms with Gasteiger partial charge in [-0.15, -0.1) is 0 Å². The van der Waals surface area contributed by atoms with Crippen LogP contribution in [-0.2, 0) is 6.42 Å². The number of aromatic nitrogens is 1. The third-order valence-corrected chi connectivity index (χ3v) is 3.61. The molecule has 0 saturated heterocycles. The monoisotopic (exact) mass is 277 g/mol. The molecule has 1 aromatic carbocycles. The van der Waals surface area contributed by atoms with Crippen molar-refractivity contribution < 1.29 is 3.89 Å². The maximum absolute atomic E-state index is 12.5. The summed E-state index contributed by atoms with van der Waals surface area (Å²) in [5, 5.41) is 0.720. The lowest BCUT2D eigenvalue weighted by atomic mass is 10.0. The maximum Gasteiger partial charge on any atom is 0.0828 e. The number of fused-ring (bicyclic) bond motifs is 2. The Kier molecular flexibility index (Phi) is 3.10. The van der Waals surface area contributed by atoms with Gasteiger partial charge in [0, 0.05) is 17.6 Å². The van der Waals surface area contributed by atoms with Crippen molar-refractivity contribution in [2.45, 2.75) is 11.3 Å². The number of pyridine rings is 1. The minimum Gasteiger partial charge on any atom is -0.259 e. The fourth-order valence-corrected chi connectivity index (χ4v) is 2.51. The van der Waals surface area contributed by atoms with E-state index in [0.717, 1.165) is 28.3 Å². The Labute approximate surface area is 114 Å².